The van der Waals surface area contributed by atoms with Crippen molar-refractivity contribution in [3.8, 4) is 0 Å². The number of carbonyl (C=O) groups excluding carboxylic acids is 3. The predicted octanol–water partition coefficient (Wildman–Crippen LogP) is 3.71. The van der Waals surface area contributed by atoms with E-state index in [9.17, 15) is 14.4 Å². The number of nitrogens with one attached hydrogen (secondary N) is 2. The molecule has 0 saturated carbocycles. The predicted molar refractivity (Wildman–Crippen MR) is 148 cm³/mol. The largest absolute Gasteiger partial charge is 0.378 e. The first-order valence-corrected chi connectivity index (χ1v) is 13.0. The maximum atomic E-state index is 12.9. The van der Waals surface area contributed by atoms with Crippen LogP contribution in [0.5, 0.6) is 0 Å². The van der Waals surface area contributed by atoms with Crippen molar-refractivity contribution in [1.29, 1.82) is 0 Å². The second-order valence-electron chi connectivity index (χ2n) is 9.28. The summed E-state index contributed by atoms with van der Waals surface area (Å²) in [6, 6.07) is 11.4. The molecule has 2 aromatic carbocycles. The Hall–Kier alpha value is -3.40. The van der Waals surface area contributed by atoms with Gasteiger partial charge in [-0.05, 0) is 30.2 Å². The minimum atomic E-state index is -0.848. The van der Waals surface area contributed by atoms with Crippen LogP contribution in [-0.2, 0) is 20.9 Å². The van der Waals surface area contributed by atoms with Crippen molar-refractivity contribution in [2.45, 2.75) is 26.4 Å². The van der Waals surface area contributed by atoms with Crippen LogP contribution in [0.4, 0.5) is 0 Å². The third-order valence-electron chi connectivity index (χ3n) is 6.28. The van der Waals surface area contributed by atoms with E-state index in [2.05, 4.69) is 15.8 Å². The molecule has 1 fully saturated rings. The number of fused-ring (bicyclic) bond motifs is 1. The molecule has 0 bridgehead atoms. The highest BCUT2D eigenvalue weighted by Gasteiger charge is 2.25. The summed E-state index contributed by atoms with van der Waals surface area (Å²) in [6.45, 7) is 6.07. The van der Waals surface area contributed by atoms with Gasteiger partial charge in [0.25, 0.3) is 11.8 Å². The van der Waals surface area contributed by atoms with Crippen LogP contribution in [0.2, 0.25) is 10.0 Å². The SMILES string of the molecule is CC(C)C(NC(=O)c1ccc(Cl)cc1Cl)C(=O)N/N=C\c1cn(CC(=O)N2CCOCC2)c2ccccc12. The summed E-state index contributed by atoms with van der Waals surface area (Å²) in [5.41, 5.74) is 4.37. The highest BCUT2D eigenvalue weighted by Crippen LogP contribution is 2.22. The number of ether oxygens (including phenoxy) is 1. The summed E-state index contributed by atoms with van der Waals surface area (Å²) in [4.78, 5) is 40.3. The zero-order valence-electron chi connectivity index (χ0n) is 21.1. The molecule has 0 spiro atoms. The van der Waals surface area contributed by atoms with Gasteiger partial charge in [-0.3, -0.25) is 14.4 Å². The van der Waals surface area contributed by atoms with Gasteiger partial charge < -0.3 is 19.5 Å². The number of para-hydroxylation sites is 1. The summed E-state index contributed by atoms with van der Waals surface area (Å²) in [5.74, 6) is -1.16. The van der Waals surface area contributed by atoms with Crippen LogP contribution < -0.4 is 10.7 Å². The Morgan fingerprint density at radius 3 is 2.55 bits per heavy atom. The number of hydrazone groups is 1. The average molecular weight is 558 g/mol. The highest BCUT2D eigenvalue weighted by atomic mass is 35.5. The zero-order chi connectivity index (χ0) is 27.2. The Morgan fingerprint density at radius 2 is 1.84 bits per heavy atom. The van der Waals surface area contributed by atoms with E-state index in [0.717, 1.165) is 16.5 Å². The van der Waals surface area contributed by atoms with Crippen LogP contribution in [0.25, 0.3) is 10.9 Å². The number of aromatic nitrogens is 1. The second kappa shape index (κ2) is 12.4. The molecule has 1 atom stereocenters. The highest BCUT2D eigenvalue weighted by molar-refractivity contribution is 6.36. The van der Waals surface area contributed by atoms with Gasteiger partial charge in [-0.15, -0.1) is 0 Å². The molecule has 0 aliphatic carbocycles. The molecule has 3 amide bonds. The molecule has 9 nitrogen and oxygen atoms in total. The second-order valence-corrected chi connectivity index (χ2v) is 10.1. The Labute approximate surface area is 230 Å². The average Bonchev–Trinajstić information content (AvgIpc) is 3.24. The summed E-state index contributed by atoms with van der Waals surface area (Å²) < 4.78 is 7.21. The number of halogens is 2. The standard InChI is InChI=1S/C27H29Cl2N5O4/c1-17(2)25(31-26(36)21-8-7-19(28)13-22(21)29)27(37)32-30-14-18-15-34(23-6-4-3-5-20(18)23)16-24(35)33-9-11-38-12-10-33/h3-8,13-15,17,25H,9-12,16H2,1-2H3,(H,31,36)(H,32,37)/b30-14-. The van der Waals surface area contributed by atoms with Crippen molar-refractivity contribution < 1.29 is 19.1 Å². The molecule has 0 radical (unpaired) electrons. The van der Waals surface area contributed by atoms with E-state index in [1.165, 1.54) is 18.3 Å². The minimum absolute atomic E-state index is 0.0159. The van der Waals surface area contributed by atoms with Crippen molar-refractivity contribution in [3.63, 3.8) is 0 Å². The van der Waals surface area contributed by atoms with Gasteiger partial charge in [0.2, 0.25) is 5.91 Å². The summed E-state index contributed by atoms with van der Waals surface area (Å²) in [6.07, 6.45) is 3.37. The summed E-state index contributed by atoms with van der Waals surface area (Å²) >= 11 is 12.1. The van der Waals surface area contributed by atoms with Crippen molar-refractivity contribution in [2.75, 3.05) is 26.3 Å². The van der Waals surface area contributed by atoms with Gasteiger partial charge in [0.1, 0.15) is 12.6 Å². The fourth-order valence-electron chi connectivity index (χ4n) is 4.23. The number of hydrogen-bond donors (Lipinski definition) is 2. The fraction of sp³-hybridized carbons (Fsp3) is 0.333. The van der Waals surface area contributed by atoms with Gasteiger partial charge >= 0.3 is 0 Å². The van der Waals surface area contributed by atoms with Crippen LogP contribution in [0.15, 0.2) is 53.8 Å². The first kappa shape index (κ1) is 27.6. The van der Waals surface area contributed by atoms with Crippen LogP contribution in [0.1, 0.15) is 29.8 Å². The monoisotopic (exact) mass is 557 g/mol. The van der Waals surface area contributed by atoms with Crippen LogP contribution >= 0.6 is 23.2 Å². The quantitative estimate of drug-likeness (QED) is 0.325. The summed E-state index contributed by atoms with van der Waals surface area (Å²) in [7, 11) is 0. The number of benzene rings is 2. The smallest absolute Gasteiger partial charge is 0.262 e. The van der Waals surface area contributed by atoms with Crippen LogP contribution in [0, 0.1) is 5.92 Å². The Balaban J connectivity index is 1.45. The molecule has 4 rings (SSSR count). The van der Waals surface area contributed by atoms with Gasteiger partial charge in [0.15, 0.2) is 0 Å². The van der Waals surface area contributed by atoms with Gasteiger partial charge in [0, 0.05) is 40.8 Å². The maximum absolute atomic E-state index is 12.9. The van der Waals surface area contributed by atoms with Crippen LogP contribution in [0.3, 0.4) is 0 Å². The van der Waals surface area contributed by atoms with Crippen molar-refractivity contribution in [2.24, 2.45) is 11.0 Å². The molecule has 1 saturated heterocycles. The molecule has 2 N–H and O–H groups in total. The molecule has 1 unspecified atom stereocenters. The van der Waals surface area contributed by atoms with Gasteiger partial charge in [-0.1, -0.05) is 55.2 Å². The topological polar surface area (TPSA) is 105 Å². The molecule has 38 heavy (non-hydrogen) atoms. The van der Waals surface area contributed by atoms with Crippen molar-refractivity contribution in [1.82, 2.24) is 20.2 Å². The summed E-state index contributed by atoms with van der Waals surface area (Å²) in [5, 5.41) is 8.36. The molecule has 1 aromatic heterocycles. The van der Waals surface area contributed by atoms with E-state index in [0.29, 0.717) is 31.3 Å². The molecule has 2 heterocycles. The fourth-order valence-corrected chi connectivity index (χ4v) is 4.72. The number of morpholine rings is 1. The third-order valence-corrected chi connectivity index (χ3v) is 6.83. The van der Waals surface area contributed by atoms with E-state index in [1.807, 2.05) is 48.9 Å². The van der Waals surface area contributed by atoms with Gasteiger partial charge in [-0.25, -0.2) is 5.43 Å². The molecular formula is C27H29Cl2N5O4. The maximum Gasteiger partial charge on any atom is 0.262 e. The number of carbonyl (C=O) groups is 3. The molecular weight excluding hydrogens is 529 g/mol. The lowest BCUT2D eigenvalue weighted by molar-refractivity contribution is -0.135. The molecule has 1 aliphatic heterocycles. The molecule has 3 aromatic rings. The van der Waals surface area contributed by atoms with E-state index in [1.54, 1.807) is 11.0 Å². The number of hydrogen-bond acceptors (Lipinski definition) is 5. The van der Waals surface area contributed by atoms with E-state index in [-0.39, 0.29) is 29.0 Å². The zero-order valence-corrected chi connectivity index (χ0v) is 22.6. The molecule has 11 heteroatoms. The van der Waals surface area contributed by atoms with E-state index in [4.69, 9.17) is 27.9 Å². The van der Waals surface area contributed by atoms with Gasteiger partial charge in [-0.2, -0.15) is 5.10 Å². The first-order valence-electron chi connectivity index (χ1n) is 12.3. The van der Waals surface area contributed by atoms with Gasteiger partial charge in [0.05, 0.1) is 30.0 Å². The first-order chi connectivity index (χ1) is 18.2. The minimum Gasteiger partial charge on any atom is -0.378 e. The van der Waals surface area contributed by atoms with E-state index >= 15 is 0 Å². The lowest BCUT2D eigenvalue weighted by Gasteiger charge is -2.27. The number of amides is 3. The molecule has 200 valence electrons. The van der Waals surface area contributed by atoms with E-state index < -0.39 is 17.9 Å². The van der Waals surface area contributed by atoms with Crippen molar-refractivity contribution in [3.05, 3.63) is 69.8 Å². The van der Waals surface area contributed by atoms with Crippen molar-refractivity contribution >= 4 is 58.0 Å². The Morgan fingerprint density at radius 1 is 1.11 bits per heavy atom. The third kappa shape index (κ3) is 6.53. The lowest BCUT2D eigenvalue weighted by Crippen LogP contribution is -2.48. The number of rotatable bonds is 8. The van der Waals surface area contributed by atoms with Crippen LogP contribution in [-0.4, -0.2) is 65.7 Å². The molecule has 1 aliphatic rings. The number of nitrogens with zero attached hydrogens (tertiary/aromatic N) is 3. The Bertz CT molecular complexity index is 1360. The normalized spacial score (nSPS) is 14.7. The lowest BCUT2D eigenvalue weighted by atomic mass is 10.0. The Kier molecular flexibility index (Phi) is 9.04.